The van der Waals surface area contributed by atoms with E-state index in [9.17, 15) is 9.59 Å². The van der Waals surface area contributed by atoms with E-state index in [1.807, 2.05) is 30.3 Å². The van der Waals surface area contributed by atoms with Gasteiger partial charge in [-0.25, -0.2) is 0 Å². The lowest BCUT2D eigenvalue weighted by atomic mass is 9.75. The molecular weight excluding hydrogens is 256 g/mol. The highest BCUT2D eigenvalue weighted by Crippen LogP contribution is 2.47. The number of esters is 2. The van der Waals surface area contributed by atoms with Gasteiger partial charge in [-0.1, -0.05) is 36.8 Å². The second-order valence-corrected chi connectivity index (χ2v) is 5.23. The molecule has 0 aromatic heterocycles. The average molecular weight is 276 g/mol. The number of benzene rings is 1. The molecule has 4 heteroatoms. The minimum Gasteiger partial charge on any atom is -0.468 e. The first-order valence-electron chi connectivity index (χ1n) is 6.86. The summed E-state index contributed by atoms with van der Waals surface area (Å²) < 4.78 is 9.78. The molecule has 0 aliphatic heterocycles. The molecular formula is C16H20O4. The van der Waals surface area contributed by atoms with Crippen molar-refractivity contribution < 1.29 is 19.1 Å². The quantitative estimate of drug-likeness (QED) is 0.626. The number of hydrogen-bond donors (Lipinski definition) is 0. The van der Waals surface area contributed by atoms with Crippen molar-refractivity contribution in [1.82, 2.24) is 0 Å². The van der Waals surface area contributed by atoms with Crippen molar-refractivity contribution in [2.24, 2.45) is 11.3 Å². The highest BCUT2D eigenvalue weighted by Gasteiger charge is 2.56. The first-order valence-corrected chi connectivity index (χ1v) is 6.86. The van der Waals surface area contributed by atoms with Gasteiger partial charge in [0.1, 0.15) is 0 Å². The molecule has 1 fully saturated rings. The van der Waals surface area contributed by atoms with Crippen molar-refractivity contribution in [2.75, 3.05) is 14.2 Å². The molecule has 0 heterocycles. The molecule has 108 valence electrons. The van der Waals surface area contributed by atoms with Gasteiger partial charge in [-0.05, 0) is 30.7 Å². The fraction of sp³-hybridized carbons (Fsp3) is 0.500. The molecule has 0 spiro atoms. The Morgan fingerprint density at radius 1 is 1.15 bits per heavy atom. The summed E-state index contributed by atoms with van der Waals surface area (Å²) in [7, 11) is 2.65. The summed E-state index contributed by atoms with van der Waals surface area (Å²) in [5, 5.41) is 0. The van der Waals surface area contributed by atoms with E-state index in [-0.39, 0.29) is 5.92 Å². The highest BCUT2D eigenvalue weighted by molar-refractivity contribution is 6.00. The van der Waals surface area contributed by atoms with Crippen LogP contribution >= 0.6 is 0 Å². The summed E-state index contributed by atoms with van der Waals surface area (Å²) >= 11 is 0. The van der Waals surface area contributed by atoms with Gasteiger partial charge < -0.3 is 9.47 Å². The first kappa shape index (κ1) is 14.6. The third-order valence-corrected chi connectivity index (χ3v) is 4.24. The van der Waals surface area contributed by atoms with E-state index in [2.05, 4.69) is 0 Å². The molecule has 1 unspecified atom stereocenters. The first-order chi connectivity index (χ1) is 9.65. The zero-order valence-corrected chi connectivity index (χ0v) is 11.9. The van der Waals surface area contributed by atoms with E-state index in [0.717, 1.165) is 18.4 Å². The zero-order valence-electron chi connectivity index (χ0n) is 11.9. The maximum atomic E-state index is 12.2. The molecule has 1 atom stereocenters. The second kappa shape index (κ2) is 6.07. The summed E-state index contributed by atoms with van der Waals surface area (Å²) in [6.45, 7) is 0. The average Bonchev–Trinajstić information content (AvgIpc) is 2.91. The van der Waals surface area contributed by atoms with Crippen LogP contribution in [0.4, 0.5) is 0 Å². The number of ether oxygens (including phenoxy) is 2. The number of rotatable bonds is 4. The van der Waals surface area contributed by atoms with Crippen LogP contribution in [0.5, 0.6) is 0 Å². The topological polar surface area (TPSA) is 52.6 Å². The van der Waals surface area contributed by atoms with Gasteiger partial charge in [0.05, 0.1) is 14.2 Å². The summed E-state index contributed by atoms with van der Waals surface area (Å²) in [6.07, 6.45) is 2.86. The molecule has 4 nitrogen and oxygen atoms in total. The summed E-state index contributed by atoms with van der Waals surface area (Å²) in [4.78, 5) is 24.4. The van der Waals surface area contributed by atoms with Crippen LogP contribution in [0, 0.1) is 11.3 Å². The van der Waals surface area contributed by atoms with Crippen molar-refractivity contribution in [3.63, 3.8) is 0 Å². The standard InChI is InChI=1S/C16H20O4/c1-19-14(17)16(15(18)20-2)10-6-9-13(16)11-12-7-4-3-5-8-12/h3-5,7-8,13H,6,9-11H2,1-2H3. The Hall–Kier alpha value is -1.84. The predicted molar refractivity (Wildman–Crippen MR) is 74.0 cm³/mol. The molecule has 0 saturated heterocycles. The lowest BCUT2D eigenvalue weighted by molar-refractivity contribution is -0.172. The minimum atomic E-state index is -1.14. The zero-order chi connectivity index (χ0) is 14.6. The Balaban J connectivity index is 2.30. The largest absolute Gasteiger partial charge is 0.468 e. The molecule has 1 aromatic rings. The molecule has 0 radical (unpaired) electrons. The van der Waals surface area contributed by atoms with E-state index in [1.54, 1.807) is 0 Å². The maximum Gasteiger partial charge on any atom is 0.323 e. The number of methoxy groups -OCH3 is 2. The third-order valence-electron chi connectivity index (χ3n) is 4.24. The van der Waals surface area contributed by atoms with E-state index in [1.165, 1.54) is 14.2 Å². The van der Waals surface area contributed by atoms with Gasteiger partial charge in [-0.3, -0.25) is 9.59 Å². The van der Waals surface area contributed by atoms with Gasteiger partial charge in [0.25, 0.3) is 0 Å². The number of carbonyl (C=O) groups is 2. The fourth-order valence-corrected chi connectivity index (χ4v) is 3.24. The van der Waals surface area contributed by atoms with Gasteiger partial charge in [0, 0.05) is 0 Å². The van der Waals surface area contributed by atoms with Crippen molar-refractivity contribution >= 4 is 11.9 Å². The van der Waals surface area contributed by atoms with Crippen LogP contribution in [0.2, 0.25) is 0 Å². The van der Waals surface area contributed by atoms with Gasteiger partial charge in [0.2, 0.25) is 0 Å². The van der Waals surface area contributed by atoms with Crippen LogP contribution in [-0.4, -0.2) is 26.2 Å². The Kier molecular flexibility index (Phi) is 4.42. The summed E-state index contributed by atoms with van der Waals surface area (Å²) in [6, 6.07) is 9.89. The molecule has 1 aromatic carbocycles. The Bertz CT molecular complexity index is 465. The molecule has 2 rings (SSSR count). The van der Waals surface area contributed by atoms with Crippen molar-refractivity contribution in [3.8, 4) is 0 Å². The Morgan fingerprint density at radius 3 is 2.30 bits per heavy atom. The fourth-order valence-electron chi connectivity index (χ4n) is 3.24. The number of carbonyl (C=O) groups excluding carboxylic acids is 2. The van der Waals surface area contributed by atoms with E-state index in [4.69, 9.17) is 9.47 Å². The predicted octanol–water partition coefficient (Wildman–Crippen LogP) is 2.36. The molecule has 0 amide bonds. The van der Waals surface area contributed by atoms with Crippen LogP contribution in [0.1, 0.15) is 24.8 Å². The van der Waals surface area contributed by atoms with Crippen molar-refractivity contribution in [1.29, 1.82) is 0 Å². The SMILES string of the molecule is COC(=O)C1(C(=O)OC)CCCC1Cc1ccccc1. The summed E-state index contributed by atoms with van der Waals surface area (Å²) in [5.74, 6) is -1.00. The van der Waals surface area contributed by atoms with E-state index >= 15 is 0 Å². The van der Waals surface area contributed by atoms with Crippen LogP contribution in [-0.2, 0) is 25.5 Å². The highest BCUT2D eigenvalue weighted by atomic mass is 16.5. The molecule has 1 aliphatic rings. The lowest BCUT2D eigenvalue weighted by Crippen LogP contribution is -2.44. The number of hydrogen-bond acceptors (Lipinski definition) is 4. The van der Waals surface area contributed by atoms with E-state index in [0.29, 0.717) is 12.8 Å². The Morgan fingerprint density at radius 2 is 1.75 bits per heavy atom. The molecule has 1 aliphatic carbocycles. The van der Waals surface area contributed by atoms with Crippen LogP contribution in [0.15, 0.2) is 30.3 Å². The van der Waals surface area contributed by atoms with Crippen LogP contribution in [0.25, 0.3) is 0 Å². The van der Waals surface area contributed by atoms with E-state index < -0.39 is 17.4 Å². The molecule has 1 saturated carbocycles. The van der Waals surface area contributed by atoms with Crippen LogP contribution < -0.4 is 0 Å². The van der Waals surface area contributed by atoms with Gasteiger partial charge in [-0.15, -0.1) is 0 Å². The molecule has 20 heavy (non-hydrogen) atoms. The van der Waals surface area contributed by atoms with Gasteiger partial charge in [0.15, 0.2) is 5.41 Å². The van der Waals surface area contributed by atoms with Gasteiger partial charge in [-0.2, -0.15) is 0 Å². The summed E-state index contributed by atoms with van der Waals surface area (Å²) in [5.41, 5.74) is -0.0177. The van der Waals surface area contributed by atoms with Crippen LogP contribution in [0.3, 0.4) is 0 Å². The monoisotopic (exact) mass is 276 g/mol. The second-order valence-electron chi connectivity index (χ2n) is 5.23. The Labute approximate surface area is 119 Å². The normalized spacial score (nSPS) is 20.4. The maximum absolute atomic E-state index is 12.2. The lowest BCUT2D eigenvalue weighted by Gasteiger charge is -2.30. The smallest absolute Gasteiger partial charge is 0.323 e. The van der Waals surface area contributed by atoms with Gasteiger partial charge >= 0.3 is 11.9 Å². The molecule has 0 bridgehead atoms. The van der Waals surface area contributed by atoms with Crippen molar-refractivity contribution in [3.05, 3.63) is 35.9 Å². The minimum absolute atomic E-state index is 0.0650. The molecule has 0 N–H and O–H groups in total. The van der Waals surface area contributed by atoms with Crippen molar-refractivity contribution in [2.45, 2.75) is 25.7 Å². The third kappa shape index (κ3) is 2.42.